The van der Waals surface area contributed by atoms with Crippen molar-refractivity contribution >= 4 is 27.7 Å². The van der Waals surface area contributed by atoms with Gasteiger partial charge in [-0.2, -0.15) is 0 Å². The molecule has 1 amide bonds. The minimum Gasteiger partial charge on any atom is -0.453 e. The Balaban J connectivity index is 1.88. The number of anilines is 1. The minimum atomic E-state index is -0.337. The molecule has 0 spiro atoms. The Labute approximate surface area is 115 Å². The molecular formula is C13H17BrN2O2. The molecule has 0 saturated carbocycles. The molecule has 4 nitrogen and oxygen atoms in total. The molecule has 0 unspecified atom stereocenters. The van der Waals surface area contributed by atoms with Crippen LogP contribution >= 0.6 is 15.9 Å². The van der Waals surface area contributed by atoms with Crippen molar-refractivity contribution in [1.29, 1.82) is 0 Å². The van der Waals surface area contributed by atoms with E-state index in [0.717, 1.165) is 30.4 Å². The second-order valence-corrected chi connectivity index (χ2v) is 5.29. The zero-order valence-corrected chi connectivity index (χ0v) is 11.9. The maximum Gasteiger partial charge on any atom is 0.407 e. The van der Waals surface area contributed by atoms with Crippen molar-refractivity contribution in [2.75, 3.05) is 25.1 Å². The number of nitrogens with zero attached hydrogens (tertiary/aromatic N) is 1. The van der Waals surface area contributed by atoms with Crippen LogP contribution in [0.2, 0.25) is 0 Å². The van der Waals surface area contributed by atoms with Crippen LogP contribution in [0.25, 0.3) is 0 Å². The summed E-state index contributed by atoms with van der Waals surface area (Å²) in [6.45, 7) is 1.90. The number of ether oxygens (including phenoxy) is 1. The van der Waals surface area contributed by atoms with Crippen LogP contribution in [0, 0.1) is 0 Å². The lowest BCUT2D eigenvalue weighted by Crippen LogP contribution is -2.44. The Morgan fingerprint density at radius 2 is 2.17 bits per heavy atom. The topological polar surface area (TPSA) is 41.6 Å². The number of benzene rings is 1. The fourth-order valence-corrected chi connectivity index (χ4v) is 2.57. The van der Waals surface area contributed by atoms with E-state index in [0.29, 0.717) is 0 Å². The summed E-state index contributed by atoms with van der Waals surface area (Å²) in [5.41, 5.74) is 1.22. The molecule has 1 heterocycles. The number of piperidine rings is 1. The maximum atomic E-state index is 11.1. The Morgan fingerprint density at radius 3 is 2.78 bits per heavy atom. The van der Waals surface area contributed by atoms with Gasteiger partial charge in [0, 0.05) is 29.3 Å². The summed E-state index contributed by atoms with van der Waals surface area (Å²) in [5, 5.41) is 2.85. The summed E-state index contributed by atoms with van der Waals surface area (Å²) in [6, 6.07) is 8.51. The van der Waals surface area contributed by atoms with Gasteiger partial charge in [0.25, 0.3) is 0 Å². The lowest BCUT2D eigenvalue weighted by Gasteiger charge is -2.33. The average Bonchev–Trinajstić information content (AvgIpc) is 2.39. The summed E-state index contributed by atoms with van der Waals surface area (Å²) in [7, 11) is 1.39. The number of halogens is 1. The largest absolute Gasteiger partial charge is 0.453 e. The lowest BCUT2D eigenvalue weighted by molar-refractivity contribution is 0.164. The van der Waals surface area contributed by atoms with Crippen molar-refractivity contribution in [1.82, 2.24) is 5.32 Å². The highest BCUT2D eigenvalue weighted by molar-refractivity contribution is 9.10. The van der Waals surface area contributed by atoms with E-state index in [9.17, 15) is 4.79 Å². The van der Waals surface area contributed by atoms with Crippen LogP contribution in [0.5, 0.6) is 0 Å². The van der Waals surface area contributed by atoms with Crippen LogP contribution in [0.3, 0.4) is 0 Å². The molecular weight excluding hydrogens is 296 g/mol. The maximum absolute atomic E-state index is 11.1. The van der Waals surface area contributed by atoms with Crippen molar-refractivity contribution in [2.24, 2.45) is 0 Å². The van der Waals surface area contributed by atoms with Gasteiger partial charge in [0.15, 0.2) is 0 Å². The normalized spacial score (nSPS) is 16.4. The van der Waals surface area contributed by atoms with E-state index in [-0.39, 0.29) is 12.1 Å². The van der Waals surface area contributed by atoms with Crippen LogP contribution in [-0.4, -0.2) is 32.3 Å². The predicted octanol–water partition coefficient (Wildman–Crippen LogP) is 2.77. The molecule has 18 heavy (non-hydrogen) atoms. The highest BCUT2D eigenvalue weighted by atomic mass is 79.9. The summed E-state index contributed by atoms with van der Waals surface area (Å²) in [6.07, 6.45) is 1.55. The highest BCUT2D eigenvalue weighted by Crippen LogP contribution is 2.23. The number of carbonyl (C=O) groups excluding carboxylic acids is 1. The third-order valence-corrected chi connectivity index (χ3v) is 3.67. The van der Waals surface area contributed by atoms with E-state index in [1.54, 1.807) is 0 Å². The van der Waals surface area contributed by atoms with Gasteiger partial charge in [0.05, 0.1) is 7.11 Å². The van der Waals surface area contributed by atoms with Crippen molar-refractivity contribution in [3.05, 3.63) is 28.7 Å². The highest BCUT2D eigenvalue weighted by Gasteiger charge is 2.20. The third kappa shape index (κ3) is 3.38. The van der Waals surface area contributed by atoms with Gasteiger partial charge in [0.2, 0.25) is 0 Å². The zero-order valence-electron chi connectivity index (χ0n) is 10.4. The summed E-state index contributed by atoms with van der Waals surface area (Å²) in [5.74, 6) is 0. The number of rotatable bonds is 2. The molecule has 1 saturated heterocycles. The van der Waals surface area contributed by atoms with E-state index in [1.165, 1.54) is 12.8 Å². The molecule has 0 radical (unpaired) electrons. The van der Waals surface area contributed by atoms with Crippen LogP contribution in [0.15, 0.2) is 28.7 Å². The molecule has 1 N–H and O–H groups in total. The van der Waals surface area contributed by atoms with E-state index in [2.05, 4.69) is 43.0 Å². The second-order valence-electron chi connectivity index (χ2n) is 4.38. The van der Waals surface area contributed by atoms with Gasteiger partial charge in [-0.1, -0.05) is 22.0 Å². The van der Waals surface area contributed by atoms with Gasteiger partial charge < -0.3 is 15.0 Å². The van der Waals surface area contributed by atoms with Crippen molar-refractivity contribution in [3.8, 4) is 0 Å². The van der Waals surface area contributed by atoms with Crippen molar-refractivity contribution in [3.63, 3.8) is 0 Å². The minimum absolute atomic E-state index is 0.223. The number of alkyl carbamates (subject to hydrolysis) is 1. The molecule has 1 fully saturated rings. The first-order valence-electron chi connectivity index (χ1n) is 6.04. The second kappa shape index (κ2) is 6.09. The van der Waals surface area contributed by atoms with E-state index in [1.807, 2.05) is 12.1 Å². The number of carbonyl (C=O) groups is 1. The molecule has 1 aliphatic heterocycles. The van der Waals surface area contributed by atoms with Gasteiger partial charge in [-0.3, -0.25) is 0 Å². The quantitative estimate of drug-likeness (QED) is 0.913. The summed E-state index contributed by atoms with van der Waals surface area (Å²) >= 11 is 3.48. The smallest absolute Gasteiger partial charge is 0.407 e. The van der Waals surface area contributed by atoms with E-state index >= 15 is 0 Å². The lowest BCUT2D eigenvalue weighted by atomic mass is 10.0. The van der Waals surface area contributed by atoms with Crippen molar-refractivity contribution in [2.45, 2.75) is 18.9 Å². The van der Waals surface area contributed by atoms with Crippen LogP contribution in [-0.2, 0) is 4.74 Å². The van der Waals surface area contributed by atoms with Gasteiger partial charge in [-0.05, 0) is 31.0 Å². The van der Waals surface area contributed by atoms with E-state index in [4.69, 9.17) is 0 Å². The van der Waals surface area contributed by atoms with Crippen LogP contribution < -0.4 is 10.2 Å². The first-order valence-corrected chi connectivity index (χ1v) is 6.83. The number of amides is 1. The molecule has 1 aromatic carbocycles. The molecule has 1 aliphatic rings. The van der Waals surface area contributed by atoms with Crippen LogP contribution in [0.4, 0.5) is 10.5 Å². The fraction of sp³-hybridized carbons (Fsp3) is 0.462. The number of hydrogen-bond donors (Lipinski definition) is 1. The number of nitrogens with one attached hydrogen (secondary N) is 1. The summed E-state index contributed by atoms with van der Waals surface area (Å²) < 4.78 is 5.70. The SMILES string of the molecule is COC(=O)NC1CCN(c2cccc(Br)c2)CC1. The average molecular weight is 313 g/mol. The molecule has 98 valence electrons. The first kappa shape index (κ1) is 13.2. The molecule has 0 bridgehead atoms. The van der Waals surface area contributed by atoms with Gasteiger partial charge >= 0.3 is 6.09 Å². The van der Waals surface area contributed by atoms with Gasteiger partial charge in [0.1, 0.15) is 0 Å². The molecule has 1 aromatic rings. The molecule has 0 aromatic heterocycles. The Hall–Kier alpha value is -1.23. The molecule has 2 rings (SSSR count). The first-order chi connectivity index (χ1) is 8.69. The Bertz CT molecular complexity index is 417. The standard InChI is InChI=1S/C13H17BrN2O2/c1-18-13(17)15-11-5-7-16(8-6-11)12-4-2-3-10(14)9-12/h2-4,9,11H,5-8H2,1H3,(H,15,17). The monoisotopic (exact) mass is 312 g/mol. The zero-order chi connectivity index (χ0) is 13.0. The Kier molecular flexibility index (Phi) is 4.47. The predicted molar refractivity (Wildman–Crippen MR) is 74.9 cm³/mol. The van der Waals surface area contributed by atoms with Gasteiger partial charge in [-0.25, -0.2) is 4.79 Å². The van der Waals surface area contributed by atoms with Gasteiger partial charge in [-0.15, -0.1) is 0 Å². The third-order valence-electron chi connectivity index (χ3n) is 3.18. The van der Waals surface area contributed by atoms with E-state index < -0.39 is 0 Å². The molecule has 0 atom stereocenters. The Morgan fingerprint density at radius 1 is 1.44 bits per heavy atom. The molecule has 5 heteroatoms. The number of hydrogen-bond acceptors (Lipinski definition) is 3. The number of methoxy groups -OCH3 is 1. The van der Waals surface area contributed by atoms with Crippen molar-refractivity contribution < 1.29 is 9.53 Å². The summed E-state index contributed by atoms with van der Waals surface area (Å²) in [4.78, 5) is 13.5. The fourth-order valence-electron chi connectivity index (χ4n) is 2.18. The van der Waals surface area contributed by atoms with Crippen LogP contribution in [0.1, 0.15) is 12.8 Å². The molecule has 0 aliphatic carbocycles.